The Hall–Kier alpha value is -3.17. The summed E-state index contributed by atoms with van der Waals surface area (Å²) in [5.74, 6) is -0.653. The number of fused-ring (bicyclic) bond motifs is 1. The molecule has 196 valence electrons. The second-order valence-corrected chi connectivity index (χ2v) is 9.96. The lowest BCUT2D eigenvalue weighted by atomic mass is 9.90. The predicted octanol–water partition coefficient (Wildman–Crippen LogP) is 4.57. The third-order valence-corrected chi connectivity index (χ3v) is 7.39. The standard InChI is InChI=1S/C18H16FN5O2S.C8H15NO/c1-3-24(2)27-23-16-7-5-14(19)17(13(16)9-20)26-11-4-6-15-12(8-11)18(25)22-10-21-15;1-2-8(10-7-1)3-5-9-6-4-8/h4-8,10,23H,3H2,1-2H3,(H,21,22,25);9H,1-7H2. The highest BCUT2D eigenvalue weighted by Crippen LogP contribution is 2.35. The summed E-state index contributed by atoms with van der Waals surface area (Å²) in [6.07, 6.45) is 6.34. The van der Waals surface area contributed by atoms with Crippen molar-refractivity contribution < 1.29 is 13.9 Å². The largest absolute Gasteiger partial charge is 0.453 e. The number of anilines is 1. The van der Waals surface area contributed by atoms with Gasteiger partial charge >= 0.3 is 0 Å². The van der Waals surface area contributed by atoms with E-state index in [0.29, 0.717) is 22.2 Å². The second kappa shape index (κ2) is 12.4. The Bertz CT molecular complexity index is 1310. The number of nitriles is 1. The fraction of sp³-hybridized carbons (Fsp3) is 0.423. The van der Waals surface area contributed by atoms with E-state index in [1.54, 1.807) is 12.1 Å². The first-order valence-corrected chi connectivity index (χ1v) is 13.1. The van der Waals surface area contributed by atoms with Gasteiger partial charge in [-0.15, -0.1) is 0 Å². The number of H-pyrrole nitrogens is 1. The number of piperidine rings is 1. The van der Waals surface area contributed by atoms with Gasteiger partial charge in [0.1, 0.15) is 17.4 Å². The van der Waals surface area contributed by atoms with E-state index in [-0.39, 0.29) is 22.6 Å². The molecule has 2 saturated heterocycles. The van der Waals surface area contributed by atoms with Crippen LogP contribution in [0.5, 0.6) is 11.5 Å². The molecule has 0 radical (unpaired) electrons. The number of benzene rings is 2. The minimum absolute atomic E-state index is 0.0344. The van der Waals surface area contributed by atoms with Crippen molar-refractivity contribution in [2.75, 3.05) is 38.0 Å². The summed E-state index contributed by atoms with van der Waals surface area (Å²) in [6.45, 7) is 6.07. The number of halogens is 1. The van der Waals surface area contributed by atoms with Crippen LogP contribution < -0.4 is 20.3 Å². The molecule has 5 rings (SSSR count). The van der Waals surface area contributed by atoms with Gasteiger partial charge in [0.25, 0.3) is 5.56 Å². The van der Waals surface area contributed by atoms with Gasteiger partial charge in [0.15, 0.2) is 11.6 Å². The van der Waals surface area contributed by atoms with Crippen LogP contribution in [0.1, 0.15) is 38.2 Å². The summed E-state index contributed by atoms with van der Waals surface area (Å²) < 4.78 is 30.7. The van der Waals surface area contributed by atoms with Gasteiger partial charge < -0.3 is 24.5 Å². The zero-order valence-corrected chi connectivity index (χ0v) is 21.8. The van der Waals surface area contributed by atoms with Crippen LogP contribution in [0.25, 0.3) is 10.9 Å². The number of nitrogens with zero attached hydrogens (tertiary/aromatic N) is 3. The molecule has 0 atom stereocenters. The quantitative estimate of drug-likeness (QED) is 0.397. The topological polar surface area (TPSA) is 115 Å². The third-order valence-electron chi connectivity index (χ3n) is 6.51. The van der Waals surface area contributed by atoms with Crippen molar-refractivity contribution in [3.63, 3.8) is 0 Å². The molecular formula is C26H31FN6O3S. The Morgan fingerprint density at radius 2 is 2.11 bits per heavy atom. The highest BCUT2D eigenvalue weighted by molar-refractivity contribution is 7.98. The molecule has 0 amide bonds. The number of aromatic nitrogens is 2. The summed E-state index contributed by atoms with van der Waals surface area (Å²) in [7, 11) is 1.88. The highest BCUT2D eigenvalue weighted by atomic mass is 32.2. The van der Waals surface area contributed by atoms with Crippen LogP contribution >= 0.6 is 12.1 Å². The molecule has 0 unspecified atom stereocenters. The molecular weight excluding hydrogens is 495 g/mol. The van der Waals surface area contributed by atoms with E-state index >= 15 is 0 Å². The molecule has 37 heavy (non-hydrogen) atoms. The second-order valence-electron chi connectivity index (χ2n) is 8.95. The molecule has 0 bridgehead atoms. The minimum Gasteiger partial charge on any atom is -0.453 e. The van der Waals surface area contributed by atoms with Gasteiger partial charge in [0.05, 0.1) is 28.5 Å². The third kappa shape index (κ3) is 6.59. The zero-order valence-electron chi connectivity index (χ0n) is 21.0. The minimum atomic E-state index is -0.675. The first kappa shape index (κ1) is 26.9. The smallest absolute Gasteiger partial charge is 0.258 e. The Labute approximate surface area is 219 Å². The van der Waals surface area contributed by atoms with E-state index in [1.165, 1.54) is 62.3 Å². The average molecular weight is 527 g/mol. The van der Waals surface area contributed by atoms with Crippen LogP contribution in [-0.4, -0.2) is 53.2 Å². The van der Waals surface area contributed by atoms with Crippen LogP contribution in [0.2, 0.25) is 0 Å². The van der Waals surface area contributed by atoms with Crippen molar-refractivity contribution in [2.24, 2.45) is 0 Å². The van der Waals surface area contributed by atoms with Crippen LogP contribution in [0, 0.1) is 17.1 Å². The molecule has 0 aliphatic carbocycles. The Morgan fingerprint density at radius 3 is 2.81 bits per heavy atom. The molecule has 2 fully saturated rings. The first-order valence-electron chi connectivity index (χ1n) is 12.3. The number of aromatic amines is 1. The van der Waals surface area contributed by atoms with Gasteiger partial charge in [0.2, 0.25) is 0 Å². The van der Waals surface area contributed by atoms with Gasteiger partial charge in [-0.05, 0) is 76.2 Å². The van der Waals surface area contributed by atoms with Gasteiger partial charge in [0, 0.05) is 25.3 Å². The van der Waals surface area contributed by atoms with Crippen molar-refractivity contribution in [1.82, 2.24) is 19.6 Å². The van der Waals surface area contributed by atoms with Gasteiger partial charge in [-0.1, -0.05) is 6.92 Å². The molecule has 3 heterocycles. The highest BCUT2D eigenvalue weighted by Gasteiger charge is 2.35. The van der Waals surface area contributed by atoms with E-state index in [1.807, 2.05) is 24.3 Å². The maximum atomic E-state index is 14.4. The Kier molecular flexibility index (Phi) is 9.00. The molecule has 0 saturated carbocycles. The van der Waals surface area contributed by atoms with E-state index < -0.39 is 5.82 Å². The monoisotopic (exact) mass is 526 g/mol. The fourth-order valence-electron chi connectivity index (χ4n) is 4.31. The molecule has 2 aliphatic rings. The lowest BCUT2D eigenvalue weighted by molar-refractivity contribution is -0.0190. The lowest BCUT2D eigenvalue weighted by Crippen LogP contribution is -2.41. The number of rotatable bonds is 6. The van der Waals surface area contributed by atoms with Crippen LogP contribution in [0.4, 0.5) is 10.1 Å². The molecule has 1 aromatic heterocycles. The fourth-order valence-corrected chi connectivity index (χ4v) is 4.86. The number of hydrogen-bond donors (Lipinski definition) is 3. The maximum Gasteiger partial charge on any atom is 0.258 e. The summed E-state index contributed by atoms with van der Waals surface area (Å²) in [6, 6.07) is 9.30. The normalized spacial score (nSPS) is 16.3. The van der Waals surface area contributed by atoms with Gasteiger partial charge in [-0.3, -0.25) is 4.79 Å². The lowest BCUT2D eigenvalue weighted by Gasteiger charge is -2.32. The van der Waals surface area contributed by atoms with Crippen molar-refractivity contribution in [2.45, 2.75) is 38.2 Å². The summed E-state index contributed by atoms with van der Waals surface area (Å²) in [5, 5.41) is 13.2. The molecule has 11 heteroatoms. The van der Waals surface area contributed by atoms with E-state index in [0.717, 1.165) is 26.2 Å². The summed E-state index contributed by atoms with van der Waals surface area (Å²) in [5.41, 5.74) is 0.930. The zero-order chi connectivity index (χ0) is 26.3. The van der Waals surface area contributed by atoms with Crippen LogP contribution in [0.15, 0.2) is 41.5 Å². The first-order chi connectivity index (χ1) is 17.9. The molecule has 1 spiro atoms. The van der Waals surface area contributed by atoms with Gasteiger partial charge in [-0.2, -0.15) is 5.26 Å². The van der Waals surface area contributed by atoms with Crippen molar-refractivity contribution >= 4 is 28.7 Å². The number of ether oxygens (including phenoxy) is 2. The Balaban J connectivity index is 0.000000265. The van der Waals surface area contributed by atoms with Crippen molar-refractivity contribution in [3.05, 3.63) is 58.4 Å². The van der Waals surface area contributed by atoms with E-state index in [4.69, 9.17) is 9.47 Å². The van der Waals surface area contributed by atoms with E-state index in [9.17, 15) is 14.4 Å². The molecule has 3 N–H and O–H groups in total. The maximum absolute atomic E-state index is 14.4. The van der Waals surface area contributed by atoms with Gasteiger partial charge in [-0.25, -0.2) is 13.7 Å². The average Bonchev–Trinajstić information content (AvgIpc) is 3.37. The Morgan fingerprint density at radius 1 is 1.30 bits per heavy atom. The molecule has 2 aromatic carbocycles. The van der Waals surface area contributed by atoms with Crippen LogP contribution in [0.3, 0.4) is 0 Å². The molecule has 3 aromatic rings. The number of hydrogen-bond acceptors (Lipinski definition) is 9. The molecule has 2 aliphatic heterocycles. The number of nitrogens with one attached hydrogen (secondary N) is 3. The SMILES string of the molecule is C1COC2(C1)CCNCC2.CCN(C)SNc1ccc(F)c(Oc2ccc3nc[nH]c(=O)c3c2)c1C#N. The molecule has 9 nitrogen and oxygen atoms in total. The predicted molar refractivity (Wildman–Crippen MR) is 143 cm³/mol. The van der Waals surface area contributed by atoms with E-state index in [2.05, 4.69) is 20.0 Å². The van der Waals surface area contributed by atoms with Crippen molar-refractivity contribution in [1.29, 1.82) is 5.26 Å². The van der Waals surface area contributed by atoms with Crippen molar-refractivity contribution in [3.8, 4) is 17.6 Å². The summed E-state index contributed by atoms with van der Waals surface area (Å²) in [4.78, 5) is 18.4. The van der Waals surface area contributed by atoms with Crippen LogP contribution in [-0.2, 0) is 4.74 Å². The summed E-state index contributed by atoms with van der Waals surface area (Å²) >= 11 is 1.28.